The highest BCUT2D eigenvalue weighted by Gasteiger charge is 2.31. The van der Waals surface area contributed by atoms with Crippen LogP contribution in [0.25, 0.3) is 11.7 Å². The molecule has 0 unspecified atom stereocenters. The smallest absolute Gasteiger partial charge is 0.284 e. The zero-order valence-electron chi connectivity index (χ0n) is 18.0. The van der Waals surface area contributed by atoms with Gasteiger partial charge in [0.25, 0.3) is 11.1 Å². The molecule has 3 heterocycles. The summed E-state index contributed by atoms with van der Waals surface area (Å²) in [5, 5.41) is 8.12. The predicted octanol–water partition coefficient (Wildman–Crippen LogP) is 2.83. The normalized spacial score (nSPS) is 17.2. The largest absolute Gasteiger partial charge is 0.459 e. The molecular formula is C22H24N4O5S2. The Morgan fingerprint density at radius 3 is 2.58 bits per heavy atom. The summed E-state index contributed by atoms with van der Waals surface area (Å²) in [6, 6.07) is 8.94. The number of benzene rings is 1. The fourth-order valence-corrected chi connectivity index (χ4v) is 6.32. The summed E-state index contributed by atoms with van der Waals surface area (Å²) in [6.07, 6.45) is 5.72. The minimum Gasteiger partial charge on any atom is -0.459 e. The van der Waals surface area contributed by atoms with Gasteiger partial charge >= 0.3 is 0 Å². The molecule has 0 atom stereocenters. The number of piperazine rings is 1. The number of sulfonamides is 1. The number of carbonyl (C=O) groups excluding carboxylic acids is 1. The Morgan fingerprint density at radius 2 is 1.82 bits per heavy atom. The SMILES string of the molecule is O=C(CSc1nnc(-c2ccco2)o1)N1CCN(S(=O)(=O)c2ccc3c(c2)CCCC3)CC1. The van der Waals surface area contributed by atoms with E-state index in [4.69, 9.17) is 8.83 Å². The van der Waals surface area contributed by atoms with Gasteiger partial charge in [0, 0.05) is 26.2 Å². The lowest BCUT2D eigenvalue weighted by Crippen LogP contribution is -2.51. The van der Waals surface area contributed by atoms with Gasteiger partial charge in [0.15, 0.2) is 5.76 Å². The van der Waals surface area contributed by atoms with Gasteiger partial charge in [-0.1, -0.05) is 17.8 Å². The van der Waals surface area contributed by atoms with Gasteiger partial charge in [-0.05, 0) is 61.1 Å². The van der Waals surface area contributed by atoms with Crippen molar-refractivity contribution in [1.82, 2.24) is 19.4 Å². The van der Waals surface area contributed by atoms with Crippen LogP contribution in [0.5, 0.6) is 0 Å². The number of aryl methyl sites for hydroxylation is 2. The third kappa shape index (κ3) is 4.71. The summed E-state index contributed by atoms with van der Waals surface area (Å²) in [4.78, 5) is 14.6. The second kappa shape index (κ2) is 9.32. The van der Waals surface area contributed by atoms with Crippen LogP contribution in [0.4, 0.5) is 0 Å². The Balaban J connectivity index is 1.15. The number of rotatable bonds is 6. The van der Waals surface area contributed by atoms with Gasteiger partial charge in [0.2, 0.25) is 15.9 Å². The monoisotopic (exact) mass is 488 g/mol. The highest BCUT2D eigenvalue weighted by atomic mass is 32.2. The van der Waals surface area contributed by atoms with Crippen molar-refractivity contribution in [2.45, 2.75) is 35.8 Å². The van der Waals surface area contributed by atoms with Crippen molar-refractivity contribution >= 4 is 27.7 Å². The Morgan fingerprint density at radius 1 is 1.03 bits per heavy atom. The zero-order chi connectivity index (χ0) is 22.8. The molecule has 2 aliphatic rings. The third-order valence-corrected chi connectivity index (χ3v) is 8.70. The number of thioether (sulfide) groups is 1. The second-order valence-electron chi connectivity index (χ2n) is 8.06. The van der Waals surface area contributed by atoms with Crippen LogP contribution >= 0.6 is 11.8 Å². The first kappa shape index (κ1) is 22.2. The molecule has 1 amide bonds. The Bertz CT molecular complexity index is 1230. The van der Waals surface area contributed by atoms with Crippen molar-refractivity contribution in [3.63, 3.8) is 0 Å². The molecule has 0 N–H and O–H groups in total. The maximum atomic E-state index is 13.1. The maximum Gasteiger partial charge on any atom is 0.284 e. The molecule has 174 valence electrons. The molecule has 1 saturated heterocycles. The summed E-state index contributed by atoms with van der Waals surface area (Å²) in [5.41, 5.74) is 2.40. The summed E-state index contributed by atoms with van der Waals surface area (Å²) in [7, 11) is -3.57. The molecule has 0 bridgehead atoms. The molecule has 2 aromatic heterocycles. The van der Waals surface area contributed by atoms with Gasteiger partial charge in [-0.3, -0.25) is 4.79 Å². The lowest BCUT2D eigenvalue weighted by Gasteiger charge is -2.34. The quantitative estimate of drug-likeness (QED) is 0.487. The van der Waals surface area contributed by atoms with Crippen LogP contribution in [0, 0.1) is 0 Å². The highest BCUT2D eigenvalue weighted by molar-refractivity contribution is 7.99. The van der Waals surface area contributed by atoms with Crippen LogP contribution in [0.1, 0.15) is 24.0 Å². The van der Waals surface area contributed by atoms with Crippen molar-refractivity contribution in [3.05, 3.63) is 47.7 Å². The van der Waals surface area contributed by atoms with Crippen molar-refractivity contribution in [2.24, 2.45) is 0 Å². The molecule has 1 aliphatic heterocycles. The van der Waals surface area contributed by atoms with Gasteiger partial charge < -0.3 is 13.7 Å². The van der Waals surface area contributed by atoms with E-state index in [1.807, 2.05) is 12.1 Å². The van der Waals surface area contributed by atoms with E-state index in [1.165, 1.54) is 16.1 Å². The van der Waals surface area contributed by atoms with Crippen LogP contribution in [0.3, 0.4) is 0 Å². The molecule has 3 aromatic rings. The van der Waals surface area contributed by atoms with Crippen LogP contribution < -0.4 is 0 Å². The van der Waals surface area contributed by atoms with E-state index >= 15 is 0 Å². The molecule has 5 rings (SSSR count). The average Bonchev–Trinajstić information content (AvgIpc) is 3.54. The van der Waals surface area contributed by atoms with E-state index < -0.39 is 10.0 Å². The zero-order valence-corrected chi connectivity index (χ0v) is 19.6. The van der Waals surface area contributed by atoms with Crippen LogP contribution in [-0.2, 0) is 27.7 Å². The van der Waals surface area contributed by atoms with Crippen molar-refractivity contribution in [1.29, 1.82) is 0 Å². The molecule has 0 spiro atoms. The molecule has 1 fully saturated rings. The van der Waals surface area contributed by atoms with E-state index in [-0.39, 0.29) is 35.9 Å². The molecule has 33 heavy (non-hydrogen) atoms. The van der Waals surface area contributed by atoms with Crippen molar-refractivity contribution < 1.29 is 22.0 Å². The average molecular weight is 489 g/mol. The molecule has 1 aliphatic carbocycles. The van der Waals surface area contributed by atoms with Crippen LogP contribution in [0.15, 0.2) is 55.5 Å². The summed E-state index contributed by atoms with van der Waals surface area (Å²) in [5.74, 6) is 0.772. The van der Waals surface area contributed by atoms with Gasteiger partial charge in [0.1, 0.15) is 0 Å². The number of aromatic nitrogens is 2. The van der Waals surface area contributed by atoms with Crippen molar-refractivity contribution in [3.8, 4) is 11.7 Å². The Hall–Kier alpha value is -2.63. The van der Waals surface area contributed by atoms with E-state index in [0.717, 1.165) is 43.0 Å². The van der Waals surface area contributed by atoms with Gasteiger partial charge in [-0.15, -0.1) is 10.2 Å². The maximum absolute atomic E-state index is 13.1. The second-order valence-corrected chi connectivity index (χ2v) is 10.9. The molecule has 11 heteroatoms. The number of nitrogens with zero attached hydrogens (tertiary/aromatic N) is 4. The van der Waals surface area contributed by atoms with E-state index in [2.05, 4.69) is 10.2 Å². The minimum absolute atomic E-state index is 0.0939. The number of carbonyl (C=O) groups is 1. The number of amides is 1. The molecule has 1 aromatic carbocycles. The number of hydrogen-bond acceptors (Lipinski definition) is 8. The standard InChI is InChI=1S/C22H24N4O5S2/c27-20(15-32-22-24-23-21(31-22)19-6-3-13-30-19)25-9-11-26(12-10-25)33(28,29)18-8-7-16-4-1-2-5-17(16)14-18/h3,6-8,13-14H,1-2,4-5,9-12,15H2. The van der Waals surface area contributed by atoms with E-state index in [1.54, 1.807) is 23.1 Å². The highest BCUT2D eigenvalue weighted by Crippen LogP contribution is 2.27. The van der Waals surface area contributed by atoms with Crippen molar-refractivity contribution in [2.75, 3.05) is 31.9 Å². The lowest BCUT2D eigenvalue weighted by molar-refractivity contribution is -0.129. The van der Waals surface area contributed by atoms with E-state index in [9.17, 15) is 13.2 Å². The van der Waals surface area contributed by atoms with Gasteiger partial charge in [-0.2, -0.15) is 4.31 Å². The summed E-state index contributed by atoms with van der Waals surface area (Å²) < 4.78 is 38.5. The predicted molar refractivity (Wildman–Crippen MR) is 121 cm³/mol. The lowest BCUT2D eigenvalue weighted by atomic mass is 9.92. The summed E-state index contributed by atoms with van der Waals surface area (Å²) >= 11 is 1.15. The number of furan rings is 1. The van der Waals surface area contributed by atoms with E-state index in [0.29, 0.717) is 23.7 Å². The summed E-state index contributed by atoms with van der Waals surface area (Å²) in [6.45, 7) is 1.26. The Labute approximate surface area is 196 Å². The van der Waals surface area contributed by atoms with Crippen LogP contribution in [-0.4, -0.2) is 65.7 Å². The van der Waals surface area contributed by atoms with Gasteiger partial charge in [-0.25, -0.2) is 8.42 Å². The number of hydrogen-bond donors (Lipinski definition) is 0. The fraction of sp³-hybridized carbons (Fsp3) is 0.409. The third-order valence-electron chi connectivity index (χ3n) is 6.01. The number of fused-ring (bicyclic) bond motifs is 1. The molecule has 0 saturated carbocycles. The fourth-order valence-electron chi connectivity index (χ4n) is 4.18. The Kier molecular flexibility index (Phi) is 6.26. The molecule has 9 nitrogen and oxygen atoms in total. The first-order valence-electron chi connectivity index (χ1n) is 10.9. The first-order chi connectivity index (χ1) is 16.0. The van der Waals surface area contributed by atoms with Crippen LogP contribution in [0.2, 0.25) is 0 Å². The molecular weight excluding hydrogens is 464 g/mol. The topological polar surface area (TPSA) is 110 Å². The minimum atomic E-state index is -3.57. The first-order valence-corrected chi connectivity index (χ1v) is 13.3. The molecule has 0 radical (unpaired) electrons. The van der Waals surface area contributed by atoms with Gasteiger partial charge in [0.05, 0.1) is 16.9 Å².